The number of aliphatic hydroxyl groups is 1. The molecule has 88 heavy (non-hydrogen) atoms. The molecule has 0 spiro atoms. The number of carbonyl (C=O) groups is 3. The predicted octanol–water partition coefficient (Wildman–Crippen LogP) is 13.9. The highest BCUT2D eigenvalue weighted by molar-refractivity contribution is 6.31. The summed E-state index contributed by atoms with van der Waals surface area (Å²) >= 11 is 5.75. The third-order valence-electron chi connectivity index (χ3n) is 14.1. The van der Waals surface area contributed by atoms with Crippen LogP contribution < -0.4 is 32.6 Å². The number of nitrogens with zero attached hydrogens (tertiary/aromatic N) is 3. The number of aromatic nitrogens is 3. The Morgan fingerprint density at radius 1 is 0.466 bits per heavy atom. The second-order valence-corrected chi connectivity index (χ2v) is 21.0. The largest absolute Gasteiger partial charge is 0.396 e. The molecule has 3 heterocycles. The van der Waals surface area contributed by atoms with Crippen molar-refractivity contribution < 1.29 is 59.0 Å². The van der Waals surface area contributed by atoms with Crippen LogP contribution in [0.2, 0.25) is 5.02 Å². The standard InChI is InChI=1S/C22H22F3N3O2.C21H19ClF3N3O3.C19H16F3N3O2/c1-12(2)11-28(22(30)27-15-6-4-14(23)5-7-15)13(3)18-10-26-21(29)17-9-20(25)19(24)8-16(17)18;1-11(15-10-26-20(30)14-9-19(25)18(24)8-13(14)15)28(5-2-6-29)21(31)27-12-3-4-17(23)16(22)7-12;1-10(25(2)19(27)24-12-5-3-11(20)4-6-12)15-9-23-18(26)14-8-17(22)16(21)7-13(14)15/h4-10,12-13H,11H2,1-3H3,(H,26,29)(H,27,30);3-4,7-11,29H,2,5-6H2,1H3,(H,26,30)(H,27,31);3-10H,1-2H3,(H,23,26)(H,24,27). The highest BCUT2D eigenvalue weighted by Gasteiger charge is 2.28. The van der Waals surface area contributed by atoms with E-state index in [0.29, 0.717) is 34.6 Å². The Morgan fingerprint density at radius 2 is 0.807 bits per heavy atom. The number of nitrogens with one attached hydrogen (secondary N) is 6. The number of hydrogen-bond acceptors (Lipinski definition) is 7. The van der Waals surface area contributed by atoms with Crippen LogP contribution in [0.15, 0.2) is 136 Å². The lowest BCUT2D eigenvalue weighted by molar-refractivity contribution is 0.182. The Kier molecular flexibility index (Phi) is 21.5. The van der Waals surface area contributed by atoms with Crippen LogP contribution in [0, 0.1) is 58.3 Å². The van der Waals surface area contributed by atoms with Crippen molar-refractivity contribution >= 4 is 79.1 Å². The van der Waals surface area contributed by atoms with Crippen molar-refractivity contribution in [3.05, 3.63) is 227 Å². The third-order valence-corrected chi connectivity index (χ3v) is 14.4. The number of pyridine rings is 3. The molecule has 6 aromatic carbocycles. The normalized spacial score (nSPS) is 12.1. The molecular formula is C62H57ClF9N9O7. The number of rotatable bonds is 14. The summed E-state index contributed by atoms with van der Waals surface area (Å²) in [4.78, 5) is 86.2. The van der Waals surface area contributed by atoms with Gasteiger partial charge in [-0.15, -0.1) is 0 Å². The van der Waals surface area contributed by atoms with Gasteiger partial charge in [-0.25, -0.2) is 53.9 Å². The SMILES string of the molecule is CC(C)CN(C(=O)Nc1ccc(F)cc1)C(C)c1c[nH]c(=O)c2cc(F)c(F)cc12.CC(c1c[nH]c(=O)c2cc(F)c(F)cc12)N(C)C(=O)Nc1ccc(F)cc1.CC(c1c[nH]c(=O)c2cc(F)c(F)cc12)N(CCCO)C(=O)Nc1ccc(F)c(Cl)c1. The number of carbonyl (C=O) groups excluding carboxylic acids is 3. The van der Waals surface area contributed by atoms with E-state index >= 15 is 0 Å². The lowest BCUT2D eigenvalue weighted by atomic mass is 10.0. The van der Waals surface area contributed by atoms with Crippen LogP contribution in [-0.4, -0.2) is 79.6 Å². The van der Waals surface area contributed by atoms with Crippen molar-refractivity contribution in [1.29, 1.82) is 0 Å². The van der Waals surface area contributed by atoms with Crippen molar-refractivity contribution in [2.45, 2.75) is 59.2 Å². The summed E-state index contributed by atoms with van der Waals surface area (Å²) in [5, 5.41) is 17.5. The van der Waals surface area contributed by atoms with Crippen LogP contribution in [0.4, 0.5) is 71.0 Å². The number of amides is 6. The molecule has 7 N–H and O–H groups in total. The molecule has 26 heteroatoms. The van der Waals surface area contributed by atoms with Gasteiger partial charge in [0.05, 0.1) is 39.3 Å². The molecule has 3 aromatic heterocycles. The molecule has 16 nitrogen and oxygen atoms in total. The van der Waals surface area contributed by atoms with Gasteiger partial charge in [-0.2, -0.15) is 0 Å². The molecule has 0 aliphatic heterocycles. The summed E-state index contributed by atoms with van der Waals surface area (Å²) in [6.45, 7) is 9.21. The summed E-state index contributed by atoms with van der Waals surface area (Å²) in [6, 6.07) is 16.2. The van der Waals surface area contributed by atoms with Crippen LogP contribution >= 0.6 is 11.6 Å². The number of anilines is 3. The lowest BCUT2D eigenvalue weighted by Gasteiger charge is -2.31. The average molecular weight is 1250 g/mol. The Balaban J connectivity index is 0.000000189. The van der Waals surface area contributed by atoms with Crippen molar-refractivity contribution in [1.82, 2.24) is 29.7 Å². The second kappa shape index (κ2) is 28.7. The van der Waals surface area contributed by atoms with Gasteiger partial charge >= 0.3 is 18.1 Å². The zero-order valence-corrected chi connectivity index (χ0v) is 48.5. The minimum Gasteiger partial charge on any atom is -0.396 e. The summed E-state index contributed by atoms with van der Waals surface area (Å²) in [6.07, 6.45) is 4.35. The zero-order valence-electron chi connectivity index (χ0n) is 47.7. The number of fused-ring (bicyclic) bond motifs is 3. The number of aromatic amines is 3. The first-order valence-electron chi connectivity index (χ1n) is 26.9. The lowest BCUT2D eigenvalue weighted by Crippen LogP contribution is -2.39. The molecule has 9 aromatic rings. The van der Waals surface area contributed by atoms with E-state index in [9.17, 15) is 73.4 Å². The molecule has 3 unspecified atom stereocenters. The summed E-state index contributed by atoms with van der Waals surface area (Å²) in [7, 11) is 1.51. The van der Waals surface area contributed by atoms with E-state index in [4.69, 9.17) is 11.6 Å². The number of hydrogen-bond donors (Lipinski definition) is 7. The van der Waals surface area contributed by atoms with E-state index in [1.54, 1.807) is 20.8 Å². The molecule has 3 atom stereocenters. The first-order valence-corrected chi connectivity index (χ1v) is 27.3. The zero-order chi connectivity index (χ0) is 64.4. The van der Waals surface area contributed by atoms with Crippen LogP contribution in [0.5, 0.6) is 0 Å². The molecule has 0 aliphatic carbocycles. The molecule has 0 saturated heterocycles. The maximum atomic E-state index is 13.9. The van der Waals surface area contributed by atoms with E-state index in [1.807, 2.05) is 13.8 Å². The van der Waals surface area contributed by atoms with Crippen LogP contribution in [0.1, 0.15) is 75.9 Å². The molecule has 0 aliphatic rings. The average Bonchev–Trinajstić information content (AvgIpc) is 3.44. The quantitative estimate of drug-likeness (QED) is 0.0522. The van der Waals surface area contributed by atoms with Gasteiger partial charge in [-0.05, 0) is 169 Å². The van der Waals surface area contributed by atoms with Crippen molar-refractivity contribution in [3.8, 4) is 0 Å². The number of H-pyrrole nitrogens is 3. The van der Waals surface area contributed by atoms with Crippen molar-refractivity contribution in [2.75, 3.05) is 42.7 Å². The highest BCUT2D eigenvalue weighted by atomic mass is 35.5. The van der Waals surface area contributed by atoms with Gasteiger partial charge in [0.1, 0.15) is 17.5 Å². The van der Waals surface area contributed by atoms with Gasteiger partial charge in [0, 0.05) is 62.4 Å². The van der Waals surface area contributed by atoms with Crippen LogP contribution in [0.25, 0.3) is 32.3 Å². The second-order valence-electron chi connectivity index (χ2n) is 20.5. The fraction of sp³-hybridized carbons (Fsp3) is 0.226. The molecule has 0 saturated carbocycles. The van der Waals surface area contributed by atoms with Gasteiger partial charge < -0.3 is 50.7 Å². The Morgan fingerprint density at radius 3 is 1.19 bits per heavy atom. The van der Waals surface area contributed by atoms with Gasteiger partial charge in [0.2, 0.25) is 0 Å². The van der Waals surface area contributed by atoms with E-state index in [2.05, 4.69) is 30.9 Å². The van der Waals surface area contributed by atoms with Gasteiger partial charge in [-0.1, -0.05) is 25.4 Å². The maximum Gasteiger partial charge on any atom is 0.322 e. The fourth-order valence-corrected chi connectivity index (χ4v) is 9.52. The van der Waals surface area contributed by atoms with E-state index < -0.39 is 105 Å². The summed E-state index contributed by atoms with van der Waals surface area (Å²) < 4.78 is 122. The van der Waals surface area contributed by atoms with Crippen LogP contribution in [0.3, 0.4) is 0 Å². The molecule has 9 rings (SSSR count). The summed E-state index contributed by atoms with van der Waals surface area (Å²) in [5.41, 5.74) is 0.651. The smallest absolute Gasteiger partial charge is 0.322 e. The first-order chi connectivity index (χ1) is 41.7. The number of benzene rings is 6. The Bertz CT molecular complexity index is 4230. The Labute approximate surface area is 500 Å². The topological polar surface area (TPSA) is 216 Å². The number of urea groups is 3. The maximum absolute atomic E-state index is 13.9. The molecular weight excluding hydrogens is 1190 g/mol. The first kappa shape index (κ1) is 65.9. The molecule has 0 bridgehead atoms. The highest BCUT2D eigenvalue weighted by Crippen LogP contribution is 2.32. The predicted molar refractivity (Wildman–Crippen MR) is 318 cm³/mol. The molecule has 6 amide bonds. The van der Waals surface area contributed by atoms with Crippen molar-refractivity contribution in [3.63, 3.8) is 0 Å². The minimum atomic E-state index is -1.16. The molecule has 0 radical (unpaired) electrons. The fourth-order valence-electron chi connectivity index (χ4n) is 9.34. The third kappa shape index (κ3) is 15.7. The van der Waals surface area contributed by atoms with Gasteiger partial charge in [-0.3, -0.25) is 14.4 Å². The number of halogens is 10. The monoisotopic (exact) mass is 1250 g/mol. The van der Waals surface area contributed by atoms with Gasteiger partial charge in [0.15, 0.2) is 34.9 Å². The van der Waals surface area contributed by atoms with Crippen LogP contribution in [-0.2, 0) is 0 Å². The molecule has 0 fully saturated rings. The number of aliphatic hydroxyl groups excluding tert-OH is 1. The minimum absolute atomic E-state index is 0.00156. The van der Waals surface area contributed by atoms with E-state index in [-0.39, 0.29) is 68.5 Å². The van der Waals surface area contributed by atoms with Crippen molar-refractivity contribution in [2.24, 2.45) is 5.92 Å². The van der Waals surface area contributed by atoms with Gasteiger partial charge in [0.25, 0.3) is 16.7 Å². The Hall–Kier alpha value is -9.62. The molecule has 462 valence electrons. The van der Waals surface area contributed by atoms with E-state index in [1.165, 1.54) is 101 Å². The van der Waals surface area contributed by atoms with E-state index in [0.717, 1.165) is 42.5 Å². The summed E-state index contributed by atoms with van der Waals surface area (Å²) in [5.74, 6) is -8.07.